The SMILES string of the molecule is CCCCCCCCCCCCC(C)(C)[NH2+][O-]. The lowest BCUT2D eigenvalue weighted by Crippen LogP contribution is -2.89. The van der Waals surface area contributed by atoms with Crippen molar-refractivity contribution < 1.29 is 5.48 Å². The average molecular weight is 243 g/mol. The molecular weight excluding hydrogens is 210 g/mol. The molecular formula is C15H33NO. The van der Waals surface area contributed by atoms with Gasteiger partial charge in [-0.05, 0) is 20.3 Å². The summed E-state index contributed by atoms with van der Waals surface area (Å²) in [4.78, 5) is 0. The fraction of sp³-hybridized carbons (Fsp3) is 1.00. The second kappa shape index (κ2) is 11.0. The molecule has 0 amide bonds. The van der Waals surface area contributed by atoms with Crippen molar-refractivity contribution in [3.05, 3.63) is 5.21 Å². The first-order chi connectivity index (χ1) is 8.12. The molecule has 0 heterocycles. The van der Waals surface area contributed by atoms with Crippen molar-refractivity contribution in [2.75, 3.05) is 0 Å². The van der Waals surface area contributed by atoms with Gasteiger partial charge in [-0.3, -0.25) is 0 Å². The Labute approximate surface area is 108 Å². The number of hydrogen-bond acceptors (Lipinski definition) is 1. The summed E-state index contributed by atoms with van der Waals surface area (Å²) in [5.74, 6) is 0. The Kier molecular flexibility index (Phi) is 11.0. The standard InChI is InChI=1S/C15H33NO/c1-4-5-6-7-8-9-10-11-12-13-14-15(2,3)16-17/h4-14,16H2,1-3H3. The van der Waals surface area contributed by atoms with Crippen LogP contribution < -0.4 is 5.48 Å². The molecule has 0 saturated heterocycles. The van der Waals surface area contributed by atoms with Crippen LogP contribution in [0.3, 0.4) is 0 Å². The molecule has 2 heteroatoms. The summed E-state index contributed by atoms with van der Waals surface area (Å²) in [7, 11) is 0. The summed E-state index contributed by atoms with van der Waals surface area (Å²) in [6.07, 6.45) is 14.7. The van der Waals surface area contributed by atoms with E-state index in [1.54, 1.807) is 0 Å². The molecule has 0 fully saturated rings. The second-order valence-electron chi connectivity index (χ2n) is 6.04. The van der Waals surface area contributed by atoms with Gasteiger partial charge in [0, 0.05) is 6.42 Å². The Morgan fingerprint density at radius 2 is 1.18 bits per heavy atom. The molecule has 0 aromatic carbocycles. The van der Waals surface area contributed by atoms with E-state index in [0.717, 1.165) is 11.9 Å². The van der Waals surface area contributed by atoms with Crippen LogP contribution in [0.1, 0.15) is 91.4 Å². The lowest BCUT2D eigenvalue weighted by atomic mass is 9.97. The molecule has 0 aromatic rings. The molecule has 2 N–H and O–H groups in total. The summed E-state index contributed by atoms with van der Waals surface area (Å²) < 4.78 is 0. The first-order valence-electron chi connectivity index (χ1n) is 7.59. The lowest BCUT2D eigenvalue weighted by Gasteiger charge is -2.24. The van der Waals surface area contributed by atoms with E-state index < -0.39 is 0 Å². The van der Waals surface area contributed by atoms with Crippen molar-refractivity contribution in [1.82, 2.24) is 0 Å². The molecule has 0 aliphatic rings. The molecule has 0 aliphatic carbocycles. The van der Waals surface area contributed by atoms with Gasteiger partial charge in [0.2, 0.25) is 0 Å². The highest BCUT2D eigenvalue weighted by Crippen LogP contribution is 2.13. The molecule has 0 atom stereocenters. The van der Waals surface area contributed by atoms with Gasteiger partial charge in [-0.25, -0.2) is 0 Å². The first-order valence-corrected chi connectivity index (χ1v) is 7.59. The highest BCUT2D eigenvalue weighted by atomic mass is 16.5. The summed E-state index contributed by atoms with van der Waals surface area (Å²) in [6, 6.07) is 0. The van der Waals surface area contributed by atoms with Crippen molar-refractivity contribution in [1.29, 1.82) is 0 Å². The maximum absolute atomic E-state index is 10.7. The zero-order valence-electron chi connectivity index (χ0n) is 12.3. The minimum absolute atomic E-state index is 0.0971. The molecule has 0 saturated carbocycles. The Morgan fingerprint density at radius 3 is 1.59 bits per heavy atom. The van der Waals surface area contributed by atoms with Crippen molar-refractivity contribution in [3.63, 3.8) is 0 Å². The van der Waals surface area contributed by atoms with E-state index in [1.807, 2.05) is 13.8 Å². The topological polar surface area (TPSA) is 39.7 Å². The Hall–Kier alpha value is -0.0800. The summed E-state index contributed by atoms with van der Waals surface area (Å²) in [5.41, 5.74) is 1.00. The minimum Gasteiger partial charge on any atom is -0.635 e. The van der Waals surface area contributed by atoms with Crippen LogP contribution in [0.4, 0.5) is 0 Å². The summed E-state index contributed by atoms with van der Waals surface area (Å²) in [6.45, 7) is 6.34. The van der Waals surface area contributed by atoms with Crippen LogP contribution in [0.25, 0.3) is 0 Å². The summed E-state index contributed by atoms with van der Waals surface area (Å²) >= 11 is 0. The average Bonchev–Trinajstić information content (AvgIpc) is 2.31. The van der Waals surface area contributed by atoms with Gasteiger partial charge in [-0.2, -0.15) is 0 Å². The smallest absolute Gasteiger partial charge is 0.0901 e. The van der Waals surface area contributed by atoms with E-state index in [-0.39, 0.29) is 5.54 Å². The normalized spacial score (nSPS) is 12.0. The first kappa shape index (κ1) is 16.9. The maximum Gasteiger partial charge on any atom is 0.0901 e. The molecule has 0 spiro atoms. The minimum atomic E-state index is -0.0971. The van der Waals surface area contributed by atoms with Gasteiger partial charge in [0.1, 0.15) is 0 Å². The molecule has 0 radical (unpaired) electrons. The van der Waals surface area contributed by atoms with Gasteiger partial charge in [0.15, 0.2) is 0 Å². The zero-order valence-corrected chi connectivity index (χ0v) is 12.3. The number of hydrogen-bond donors (Lipinski definition) is 1. The lowest BCUT2D eigenvalue weighted by molar-refractivity contribution is -0.663. The van der Waals surface area contributed by atoms with Crippen LogP contribution in [-0.4, -0.2) is 5.54 Å². The molecule has 0 aromatic heterocycles. The molecule has 0 aliphatic heterocycles. The molecule has 0 unspecified atom stereocenters. The highest BCUT2D eigenvalue weighted by molar-refractivity contribution is 4.64. The second-order valence-corrected chi connectivity index (χ2v) is 6.04. The largest absolute Gasteiger partial charge is 0.635 e. The van der Waals surface area contributed by atoms with E-state index in [1.165, 1.54) is 64.2 Å². The van der Waals surface area contributed by atoms with Crippen LogP contribution in [0, 0.1) is 5.21 Å². The van der Waals surface area contributed by atoms with Crippen molar-refractivity contribution in [2.24, 2.45) is 0 Å². The van der Waals surface area contributed by atoms with E-state index in [2.05, 4.69) is 6.92 Å². The number of rotatable bonds is 12. The third kappa shape index (κ3) is 12.2. The van der Waals surface area contributed by atoms with Crippen LogP contribution in [0.5, 0.6) is 0 Å². The van der Waals surface area contributed by atoms with Crippen LogP contribution in [-0.2, 0) is 0 Å². The number of nitrogens with two attached hydrogens (primary N) is 1. The molecule has 0 rings (SSSR count). The van der Waals surface area contributed by atoms with Gasteiger partial charge in [-0.1, -0.05) is 64.7 Å². The molecule has 17 heavy (non-hydrogen) atoms. The van der Waals surface area contributed by atoms with Gasteiger partial charge in [0.05, 0.1) is 5.54 Å². The number of quaternary nitrogens is 1. The van der Waals surface area contributed by atoms with Crippen molar-refractivity contribution >= 4 is 0 Å². The Balaban J connectivity index is 3.09. The predicted molar refractivity (Wildman–Crippen MR) is 75.8 cm³/mol. The fourth-order valence-corrected chi connectivity index (χ4v) is 2.13. The van der Waals surface area contributed by atoms with E-state index in [0.29, 0.717) is 0 Å². The Bertz CT molecular complexity index is 157. The van der Waals surface area contributed by atoms with Crippen molar-refractivity contribution in [2.45, 2.75) is 96.9 Å². The molecule has 104 valence electrons. The van der Waals surface area contributed by atoms with E-state index in [4.69, 9.17) is 0 Å². The number of hydroxylamine groups is 1. The van der Waals surface area contributed by atoms with Crippen LogP contribution in [0.2, 0.25) is 0 Å². The zero-order chi connectivity index (χ0) is 13.0. The Morgan fingerprint density at radius 1 is 0.765 bits per heavy atom. The molecule has 0 bridgehead atoms. The van der Waals surface area contributed by atoms with Gasteiger partial charge in [0.25, 0.3) is 0 Å². The van der Waals surface area contributed by atoms with E-state index >= 15 is 0 Å². The fourth-order valence-electron chi connectivity index (χ4n) is 2.13. The third-order valence-corrected chi connectivity index (χ3v) is 3.49. The summed E-state index contributed by atoms with van der Waals surface area (Å²) in [5, 5.41) is 10.7. The predicted octanol–water partition coefficient (Wildman–Crippen LogP) is 4.14. The van der Waals surface area contributed by atoms with Gasteiger partial charge in [-0.15, -0.1) is 0 Å². The maximum atomic E-state index is 10.7. The van der Waals surface area contributed by atoms with E-state index in [9.17, 15) is 5.21 Å². The van der Waals surface area contributed by atoms with Gasteiger partial charge >= 0.3 is 0 Å². The molecule has 2 nitrogen and oxygen atoms in total. The van der Waals surface area contributed by atoms with Gasteiger partial charge < -0.3 is 10.7 Å². The highest BCUT2D eigenvalue weighted by Gasteiger charge is 2.15. The third-order valence-electron chi connectivity index (χ3n) is 3.49. The van der Waals surface area contributed by atoms with Crippen LogP contribution in [0.15, 0.2) is 0 Å². The van der Waals surface area contributed by atoms with Crippen molar-refractivity contribution in [3.8, 4) is 0 Å². The monoisotopic (exact) mass is 243 g/mol. The quantitative estimate of drug-likeness (QED) is 0.406. The van der Waals surface area contributed by atoms with Crippen LogP contribution >= 0.6 is 0 Å². The number of unbranched alkanes of at least 4 members (excludes halogenated alkanes) is 9.